The number of fused-ring (bicyclic) bond motifs is 1. The van der Waals surface area contributed by atoms with Crippen LogP contribution in [0.5, 0.6) is 17.2 Å². The van der Waals surface area contributed by atoms with Crippen LogP contribution in [-0.4, -0.2) is 30.5 Å². The summed E-state index contributed by atoms with van der Waals surface area (Å²) in [6.07, 6.45) is 2.37. The van der Waals surface area contributed by atoms with Crippen molar-refractivity contribution in [3.63, 3.8) is 0 Å². The van der Waals surface area contributed by atoms with Crippen molar-refractivity contribution in [2.75, 3.05) is 20.3 Å². The van der Waals surface area contributed by atoms with Gasteiger partial charge < -0.3 is 19.7 Å². The molecule has 1 unspecified atom stereocenters. The Morgan fingerprint density at radius 1 is 1.22 bits per heavy atom. The standard InChI is InChI=1S/C19H22O4/c1-22-18-11-15-9-16(13-4-6-17(21)7-5-13)12-23-19(15)10-14(18)3-2-8-20/h4-7,10-11,16,20-21H,2-3,8-9,12H2,1H3. The average Bonchev–Trinajstić information content (AvgIpc) is 2.59. The molecule has 0 aliphatic carbocycles. The first-order chi connectivity index (χ1) is 11.2. The van der Waals surface area contributed by atoms with Gasteiger partial charge in [-0.2, -0.15) is 0 Å². The van der Waals surface area contributed by atoms with Crippen LogP contribution in [0.1, 0.15) is 29.0 Å². The molecule has 1 aliphatic heterocycles. The lowest BCUT2D eigenvalue weighted by atomic mass is 9.89. The highest BCUT2D eigenvalue weighted by Crippen LogP contribution is 2.37. The molecule has 0 aromatic heterocycles. The van der Waals surface area contributed by atoms with E-state index in [1.54, 1.807) is 19.2 Å². The SMILES string of the molecule is COc1cc2c(cc1CCCO)OCC(c1ccc(O)cc1)C2. The molecular formula is C19H22O4. The molecule has 0 fully saturated rings. The normalized spacial score (nSPS) is 16.5. The van der Waals surface area contributed by atoms with Crippen LogP contribution < -0.4 is 9.47 Å². The van der Waals surface area contributed by atoms with Gasteiger partial charge in [-0.3, -0.25) is 0 Å². The number of ether oxygens (including phenoxy) is 2. The van der Waals surface area contributed by atoms with E-state index in [4.69, 9.17) is 14.6 Å². The molecule has 0 radical (unpaired) electrons. The summed E-state index contributed by atoms with van der Waals surface area (Å²) in [7, 11) is 1.67. The fourth-order valence-corrected chi connectivity index (χ4v) is 3.07. The Hall–Kier alpha value is -2.20. The third-order valence-electron chi connectivity index (χ3n) is 4.34. The summed E-state index contributed by atoms with van der Waals surface area (Å²) in [5, 5.41) is 18.4. The minimum absolute atomic E-state index is 0.171. The van der Waals surface area contributed by atoms with E-state index in [0.717, 1.165) is 41.0 Å². The van der Waals surface area contributed by atoms with Gasteiger partial charge in [0.15, 0.2) is 0 Å². The molecule has 2 aromatic carbocycles. The van der Waals surface area contributed by atoms with Gasteiger partial charge in [0, 0.05) is 12.5 Å². The molecule has 4 heteroatoms. The Morgan fingerprint density at radius 3 is 2.70 bits per heavy atom. The number of phenols is 1. The molecule has 122 valence electrons. The molecule has 2 aromatic rings. The highest BCUT2D eigenvalue weighted by atomic mass is 16.5. The predicted octanol–water partition coefficient (Wildman–Crippen LogP) is 3.04. The number of benzene rings is 2. The molecule has 0 bridgehead atoms. The molecule has 1 heterocycles. The van der Waals surface area contributed by atoms with Crippen molar-refractivity contribution in [2.45, 2.75) is 25.2 Å². The lowest BCUT2D eigenvalue weighted by Gasteiger charge is -2.27. The molecule has 0 spiro atoms. The first-order valence-corrected chi connectivity index (χ1v) is 7.93. The number of aliphatic hydroxyl groups excluding tert-OH is 1. The second kappa shape index (κ2) is 6.92. The number of hydrogen-bond acceptors (Lipinski definition) is 4. The Morgan fingerprint density at radius 2 is 2.00 bits per heavy atom. The number of hydrogen-bond donors (Lipinski definition) is 2. The highest BCUT2D eigenvalue weighted by molar-refractivity contribution is 5.48. The fourth-order valence-electron chi connectivity index (χ4n) is 3.07. The van der Waals surface area contributed by atoms with Gasteiger partial charge in [0.05, 0.1) is 13.7 Å². The van der Waals surface area contributed by atoms with Crippen molar-refractivity contribution in [1.29, 1.82) is 0 Å². The van der Waals surface area contributed by atoms with Gasteiger partial charge in [-0.05, 0) is 60.2 Å². The third kappa shape index (κ3) is 3.42. The maximum absolute atomic E-state index is 9.42. The molecule has 2 N–H and O–H groups in total. The minimum Gasteiger partial charge on any atom is -0.508 e. The Kier molecular flexibility index (Phi) is 4.72. The minimum atomic E-state index is 0.171. The third-order valence-corrected chi connectivity index (χ3v) is 4.34. The summed E-state index contributed by atoms with van der Waals surface area (Å²) in [5.74, 6) is 2.32. The van der Waals surface area contributed by atoms with Crippen LogP contribution in [0.3, 0.4) is 0 Å². The van der Waals surface area contributed by atoms with E-state index in [-0.39, 0.29) is 18.3 Å². The maximum Gasteiger partial charge on any atom is 0.123 e. The van der Waals surface area contributed by atoms with Gasteiger partial charge in [-0.15, -0.1) is 0 Å². The van der Waals surface area contributed by atoms with E-state index in [2.05, 4.69) is 6.07 Å². The van der Waals surface area contributed by atoms with Crippen LogP contribution >= 0.6 is 0 Å². The van der Waals surface area contributed by atoms with E-state index in [0.29, 0.717) is 13.0 Å². The number of rotatable bonds is 5. The molecule has 23 heavy (non-hydrogen) atoms. The summed E-state index contributed by atoms with van der Waals surface area (Å²) >= 11 is 0. The van der Waals surface area contributed by atoms with Crippen LogP contribution in [0.4, 0.5) is 0 Å². The van der Waals surface area contributed by atoms with Crippen LogP contribution in [0.25, 0.3) is 0 Å². The molecule has 3 rings (SSSR count). The Bertz CT molecular complexity index is 664. The summed E-state index contributed by atoms with van der Waals surface area (Å²) in [5.41, 5.74) is 3.37. The summed E-state index contributed by atoms with van der Waals surface area (Å²) < 4.78 is 11.5. The first-order valence-electron chi connectivity index (χ1n) is 7.93. The number of aliphatic hydroxyl groups is 1. The van der Waals surface area contributed by atoms with E-state index >= 15 is 0 Å². The van der Waals surface area contributed by atoms with Crippen molar-refractivity contribution in [3.8, 4) is 17.2 Å². The van der Waals surface area contributed by atoms with Gasteiger partial charge in [-0.25, -0.2) is 0 Å². The smallest absolute Gasteiger partial charge is 0.123 e. The molecule has 1 atom stereocenters. The predicted molar refractivity (Wildman–Crippen MR) is 88.4 cm³/mol. The van der Waals surface area contributed by atoms with Gasteiger partial charge in [-0.1, -0.05) is 12.1 Å². The van der Waals surface area contributed by atoms with E-state index in [1.165, 1.54) is 0 Å². The Balaban J connectivity index is 1.84. The van der Waals surface area contributed by atoms with Crippen LogP contribution in [0, 0.1) is 0 Å². The van der Waals surface area contributed by atoms with Gasteiger partial charge >= 0.3 is 0 Å². The number of aryl methyl sites for hydroxylation is 1. The lowest BCUT2D eigenvalue weighted by molar-refractivity contribution is 0.260. The molecule has 4 nitrogen and oxygen atoms in total. The quantitative estimate of drug-likeness (QED) is 0.890. The van der Waals surface area contributed by atoms with Crippen molar-refractivity contribution < 1.29 is 19.7 Å². The highest BCUT2D eigenvalue weighted by Gasteiger charge is 2.23. The zero-order chi connectivity index (χ0) is 16.2. The van der Waals surface area contributed by atoms with Crippen LogP contribution in [0.2, 0.25) is 0 Å². The molecule has 0 saturated heterocycles. The largest absolute Gasteiger partial charge is 0.508 e. The summed E-state index contributed by atoms with van der Waals surface area (Å²) in [6.45, 7) is 0.799. The van der Waals surface area contributed by atoms with Gasteiger partial charge in [0.2, 0.25) is 0 Å². The number of phenolic OH excluding ortho intramolecular Hbond substituents is 1. The van der Waals surface area contributed by atoms with E-state index in [1.807, 2.05) is 18.2 Å². The lowest BCUT2D eigenvalue weighted by Crippen LogP contribution is -2.19. The summed E-state index contributed by atoms with van der Waals surface area (Å²) in [4.78, 5) is 0. The van der Waals surface area contributed by atoms with Crippen molar-refractivity contribution in [1.82, 2.24) is 0 Å². The zero-order valence-corrected chi connectivity index (χ0v) is 13.3. The van der Waals surface area contributed by atoms with Crippen LogP contribution in [-0.2, 0) is 12.8 Å². The van der Waals surface area contributed by atoms with E-state index in [9.17, 15) is 5.11 Å². The zero-order valence-electron chi connectivity index (χ0n) is 13.3. The maximum atomic E-state index is 9.42. The van der Waals surface area contributed by atoms with Crippen LogP contribution in [0.15, 0.2) is 36.4 Å². The second-order valence-electron chi connectivity index (χ2n) is 5.90. The number of methoxy groups -OCH3 is 1. The molecular weight excluding hydrogens is 292 g/mol. The average molecular weight is 314 g/mol. The summed E-state index contributed by atoms with van der Waals surface area (Å²) in [6, 6.07) is 11.4. The Labute approximate surface area is 136 Å². The second-order valence-corrected chi connectivity index (χ2v) is 5.90. The molecule has 0 amide bonds. The first kappa shape index (κ1) is 15.7. The molecule has 0 saturated carbocycles. The van der Waals surface area contributed by atoms with Crippen molar-refractivity contribution in [2.24, 2.45) is 0 Å². The fraction of sp³-hybridized carbons (Fsp3) is 0.368. The monoisotopic (exact) mass is 314 g/mol. The van der Waals surface area contributed by atoms with Gasteiger partial charge in [0.1, 0.15) is 17.2 Å². The van der Waals surface area contributed by atoms with Crippen molar-refractivity contribution >= 4 is 0 Å². The van der Waals surface area contributed by atoms with Gasteiger partial charge in [0.25, 0.3) is 0 Å². The molecule has 1 aliphatic rings. The topological polar surface area (TPSA) is 58.9 Å². The van der Waals surface area contributed by atoms with E-state index < -0.39 is 0 Å². The number of aromatic hydroxyl groups is 1. The van der Waals surface area contributed by atoms with Crippen molar-refractivity contribution in [3.05, 3.63) is 53.1 Å².